The summed E-state index contributed by atoms with van der Waals surface area (Å²) in [5.41, 5.74) is 9.76. The number of aryl methyl sites for hydroxylation is 1. The molecule has 0 saturated heterocycles. The standard InChI is InChI=1S/C28H21F3N6O2S/c1-14-12-40-21-11-18(22(27(38)36(14)21)16-6-4-3-5-7-16)15(2)37-26-23(25(32)33-13-34-26)24(35-37)17-8-9-20(19(29)10-17)39-28(30)31/h3-13,15,28H,1-2H3,(H2,32,33,34). The number of thiazole rings is 1. The molecule has 8 nitrogen and oxygen atoms in total. The molecular weight excluding hydrogens is 541 g/mol. The van der Waals surface area contributed by atoms with Crippen molar-refractivity contribution < 1.29 is 17.9 Å². The molecule has 202 valence electrons. The lowest BCUT2D eigenvalue weighted by atomic mass is 9.97. The van der Waals surface area contributed by atoms with Gasteiger partial charge < -0.3 is 10.5 Å². The van der Waals surface area contributed by atoms with E-state index in [4.69, 9.17) is 10.8 Å². The Morgan fingerprint density at radius 3 is 2.55 bits per heavy atom. The van der Waals surface area contributed by atoms with Gasteiger partial charge in [-0.25, -0.2) is 19.0 Å². The molecule has 6 aromatic rings. The Kier molecular flexibility index (Phi) is 6.26. The van der Waals surface area contributed by atoms with Gasteiger partial charge in [0, 0.05) is 16.6 Å². The van der Waals surface area contributed by atoms with Crippen molar-refractivity contribution in [3.63, 3.8) is 0 Å². The van der Waals surface area contributed by atoms with E-state index >= 15 is 0 Å². The van der Waals surface area contributed by atoms with E-state index in [0.717, 1.165) is 28.2 Å². The smallest absolute Gasteiger partial charge is 0.387 e. The van der Waals surface area contributed by atoms with E-state index in [1.54, 1.807) is 9.08 Å². The van der Waals surface area contributed by atoms with Crippen molar-refractivity contribution in [2.24, 2.45) is 0 Å². The summed E-state index contributed by atoms with van der Waals surface area (Å²) in [5.74, 6) is -1.46. The molecule has 6 rings (SSSR count). The minimum absolute atomic E-state index is 0.111. The second kappa shape index (κ2) is 9.79. The number of pyridine rings is 1. The number of nitrogen functional groups attached to an aromatic ring is 1. The SMILES string of the molecule is Cc1csc2cc(C(C)n3nc(-c4ccc(OC(F)F)c(F)c4)c4c(N)ncnc43)c(-c3ccccc3)c(=O)n12. The van der Waals surface area contributed by atoms with Crippen LogP contribution in [-0.4, -0.2) is 30.8 Å². The van der Waals surface area contributed by atoms with Crippen LogP contribution in [-0.2, 0) is 0 Å². The fraction of sp³-hybridized carbons (Fsp3) is 0.143. The number of halogens is 3. The van der Waals surface area contributed by atoms with Crippen molar-refractivity contribution in [2.45, 2.75) is 26.5 Å². The van der Waals surface area contributed by atoms with E-state index in [1.807, 2.05) is 55.6 Å². The molecule has 2 N–H and O–H groups in total. The summed E-state index contributed by atoms with van der Waals surface area (Å²) in [6, 6.07) is 14.4. The average Bonchev–Trinajstić information content (AvgIpc) is 3.51. The minimum Gasteiger partial charge on any atom is -0.432 e. The van der Waals surface area contributed by atoms with E-state index in [1.165, 1.54) is 23.7 Å². The molecular formula is C28H21F3N6O2S. The fourth-order valence-electron chi connectivity index (χ4n) is 4.89. The van der Waals surface area contributed by atoms with Gasteiger partial charge in [-0.05, 0) is 49.2 Å². The van der Waals surface area contributed by atoms with Crippen LogP contribution in [0.25, 0.3) is 38.2 Å². The Hall–Kier alpha value is -4.71. The van der Waals surface area contributed by atoms with Gasteiger partial charge >= 0.3 is 6.61 Å². The molecule has 0 aliphatic rings. The second-order valence-corrected chi connectivity index (χ2v) is 10.0. The number of fused-ring (bicyclic) bond motifs is 2. The van der Waals surface area contributed by atoms with Gasteiger partial charge in [-0.1, -0.05) is 30.3 Å². The van der Waals surface area contributed by atoms with Crippen molar-refractivity contribution in [3.05, 3.63) is 93.7 Å². The number of aromatic nitrogens is 5. The minimum atomic E-state index is -3.17. The Bertz CT molecular complexity index is 1950. The number of ether oxygens (including phenoxy) is 1. The average molecular weight is 563 g/mol. The van der Waals surface area contributed by atoms with Crippen molar-refractivity contribution in [1.82, 2.24) is 24.1 Å². The number of nitrogens with zero attached hydrogens (tertiary/aromatic N) is 5. The summed E-state index contributed by atoms with van der Waals surface area (Å²) in [6.07, 6.45) is 1.30. The van der Waals surface area contributed by atoms with Crippen LogP contribution in [0.3, 0.4) is 0 Å². The zero-order valence-electron chi connectivity index (χ0n) is 21.2. The van der Waals surface area contributed by atoms with Gasteiger partial charge in [0.1, 0.15) is 22.7 Å². The quantitative estimate of drug-likeness (QED) is 0.264. The summed E-state index contributed by atoms with van der Waals surface area (Å²) < 4.78 is 47.5. The maximum absolute atomic E-state index is 14.7. The molecule has 1 unspecified atom stereocenters. The largest absolute Gasteiger partial charge is 0.432 e. The summed E-state index contributed by atoms with van der Waals surface area (Å²) in [6.45, 7) is 0.594. The van der Waals surface area contributed by atoms with Gasteiger partial charge in [-0.15, -0.1) is 11.3 Å². The molecule has 0 aliphatic carbocycles. The third-order valence-electron chi connectivity index (χ3n) is 6.73. The molecule has 4 aromatic heterocycles. The number of hydrogen-bond donors (Lipinski definition) is 1. The number of anilines is 1. The first-order valence-electron chi connectivity index (χ1n) is 12.2. The maximum Gasteiger partial charge on any atom is 0.387 e. The topological polar surface area (TPSA) is 100 Å². The van der Waals surface area contributed by atoms with E-state index in [2.05, 4.69) is 14.7 Å². The van der Waals surface area contributed by atoms with Crippen LogP contribution in [0.15, 0.2) is 71.1 Å². The molecule has 40 heavy (non-hydrogen) atoms. The highest BCUT2D eigenvalue weighted by molar-refractivity contribution is 7.15. The highest BCUT2D eigenvalue weighted by Gasteiger charge is 2.26. The van der Waals surface area contributed by atoms with Gasteiger partial charge in [0.05, 0.1) is 17.0 Å². The third-order valence-corrected chi connectivity index (χ3v) is 7.73. The zero-order chi connectivity index (χ0) is 28.1. The molecule has 0 amide bonds. The number of benzene rings is 2. The predicted octanol–water partition coefficient (Wildman–Crippen LogP) is 6.08. The summed E-state index contributed by atoms with van der Waals surface area (Å²) in [5, 5.41) is 7.04. The molecule has 4 heterocycles. The van der Waals surface area contributed by atoms with Crippen LogP contribution >= 0.6 is 11.3 Å². The van der Waals surface area contributed by atoms with Gasteiger partial charge in [-0.2, -0.15) is 13.9 Å². The number of rotatable bonds is 6. The van der Waals surface area contributed by atoms with E-state index in [0.29, 0.717) is 22.2 Å². The first-order chi connectivity index (χ1) is 19.2. The summed E-state index contributed by atoms with van der Waals surface area (Å²) in [4.78, 5) is 23.1. The zero-order valence-corrected chi connectivity index (χ0v) is 22.0. The van der Waals surface area contributed by atoms with Gasteiger partial charge in [0.15, 0.2) is 17.2 Å². The lowest BCUT2D eigenvalue weighted by molar-refractivity contribution is -0.0521. The molecule has 0 radical (unpaired) electrons. The molecule has 0 fully saturated rings. The van der Waals surface area contributed by atoms with Crippen LogP contribution in [0, 0.1) is 12.7 Å². The van der Waals surface area contributed by atoms with E-state index < -0.39 is 24.2 Å². The molecule has 0 bridgehead atoms. The van der Waals surface area contributed by atoms with Crippen LogP contribution in [0.5, 0.6) is 5.75 Å². The predicted molar refractivity (Wildman–Crippen MR) is 147 cm³/mol. The monoisotopic (exact) mass is 562 g/mol. The van der Waals surface area contributed by atoms with Crippen molar-refractivity contribution in [3.8, 4) is 28.1 Å². The molecule has 1 atom stereocenters. The third kappa shape index (κ3) is 4.16. The highest BCUT2D eigenvalue weighted by atomic mass is 32.1. The van der Waals surface area contributed by atoms with Crippen molar-refractivity contribution in [2.75, 3.05) is 5.73 Å². The lowest BCUT2D eigenvalue weighted by Crippen LogP contribution is -2.21. The number of hydrogen-bond acceptors (Lipinski definition) is 7. The van der Waals surface area contributed by atoms with Gasteiger partial charge in [0.2, 0.25) is 0 Å². The maximum atomic E-state index is 14.7. The van der Waals surface area contributed by atoms with Crippen molar-refractivity contribution in [1.29, 1.82) is 0 Å². The van der Waals surface area contributed by atoms with E-state index in [-0.39, 0.29) is 22.6 Å². The lowest BCUT2D eigenvalue weighted by Gasteiger charge is -2.18. The molecule has 2 aromatic carbocycles. The van der Waals surface area contributed by atoms with Crippen molar-refractivity contribution >= 4 is 33.0 Å². The molecule has 0 saturated carbocycles. The van der Waals surface area contributed by atoms with Crippen LogP contribution in [0.2, 0.25) is 0 Å². The second-order valence-electron chi connectivity index (χ2n) is 9.15. The van der Waals surface area contributed by atoms with Crippen LogP contribution in [0.4, 0.5) is 19.0 Å². The highest BCUT2D eigenvalue weighted by Crippen LogP contribution is 2.37. The first-order valence-corrected chi connectivity index (χ1v) is 13.0. The molecule has 0 aliphatic heterocycles. The van der Waals surface area contributed by atoms with Gasteiger partial charge in [-0.3, -0.25) is 9.20 Å². The van der Waals surface area contributed by atoms with Crippen LogP contribution in [0.1, 0.15) is 24.2 Å². The summed E-state index contributed by atoms with van der Waals surface area (Å²) >= 11 is 1.45. The fourth-order valence-corrected chi connectivity index (χ4v) is 5.81. The van der Waals surface area contributed by atoms with Crippen LogP contribution < -0.4 is 16.0 Å². The molecule has 12 heteroatoms. The van der Waals surface area contributed by atoms with Gasteiger partial charge in [0.25, 0.3) is 5.56 Å². The Morgan fingerprint density at radius 1 is 1.05 bits per heavy atom. The normalized spacial score (nSPS) is 12.4. The number of alkyl halides is 2. The summed E-state index contributed by atoms with van der Waals surface area (Å²) in [7, 11) is 0. The Labute approximate surface area is 229 Å². The first kappa shape index (κ1) is 25.6. The Morgan fingerprint density at radius 2 is 1.82 bits per heavy atom. The Balaban J connectivity index is 1.58. The number of nitrogens with two attached hydrogens (primary N) is 1. The van der Waals surface area contributed by atoms with E-state index in [9.17, 15) is 18.0 Å². The molecule has 0 spiro atoms.